The minimum absolute atomic E-state index is 0.00149. The van der Waals surface area contributed by atoms with E-state index in [1.54, 1.807) is 18.6 Å². The summed E-state index contributed by atoms with van der Waals surface area (Å²) < 4.78 is 16.4. The van der Waals surface area contributed by atoms with Gasteiger partial charge in [-0.15, -0.1) is 0 Å². The molecule has 0 amide bonds. The monoisotopic (exact) mass is 314 g/mol. The first-order valence-corrected chi connectivity index (χ1v) is 8.62. The summed E-state index contributed by atoms with van der Waals surface area (Å²) in [5, 5.41) is 10.1. The van der Waals surface area contributed by atoms with Gasteiger partial charge in [0.15, 0.2) is 0 Å². The lowest BCUT2D eigenvalue weighted by atomic mass is 9.73. The number of hydrogen-bond acceptors (Lipinski definition) is 2. The molecule has 2 heterocycles. The van der Waals surface area contributed by atoms with Gasteiger partial charge in [-0.2, -0.15) is 0 Å². The maximum Gasteiger partial charge on any atom is 0.132 e. The molecular weight excluding hydrogens is 291 g/mol. The predicted molar refractivity (Wildman–Crippen MR) is 87.5 cm³/mol. The summed E-state index contributed by atoms with van der Waals surface area (Å²) in [7, 11) is 0. The highest BCUT2D eigenvalue weighted by molar-refractivity contribution is 5.69. The lowest BCUT2D eigenvalue weighted by molar-refractivity contribution is 0.107. The van der Waals surface area contributed by atoms with Gasteiger partial charge in [0.1, 0.15) is 5.82 Å². The molecule has 0 bridgehead atoms. The van der Waals surface area contributed by atoms with Crippen LogP contribution in [0.25, 0.3) is 11.3 Å². The van der Waals surface area contributed by atoms with E-state index in [0.717, 1.165) is 30.0 Å². The van der Waals surface area contributed by atoms with Crippen LogP contribution in [0.2, 0.25) is 0 Å². The van der Waals surface area contributed by atoms with Crippen molar-refractivity contribution in [1.82, 2.24) is 9.55 Å². The number of halogens is 1. The van der Waals surface area contributed by atoms with Crippen molar-refractivity contribution in [2.45, 2.75) is 38.6 Å². The summed E-state index contributed by atoms with van der Waals surface area (Å²) in [6.45, 7) is 2.44. The van der Waals surface area contributed by atoms with Crippen molar-refractivity contribution in [2.24, 2.45) is 17.8 Å². The minimum atomic E-state index is -0.194. The standard InChI is InChI=1S/C19H23FN2O/c1-12-5-7-13(8-6-12)15(10-23)19-14-3-2-4-16(20)18(14)17-9-21-11-22(17)19/h2-4,9,11-13,15,19,23H,5-8,10H2,1H3. The molecule has 1 fully saturated rings. The van der Waals surface area contributed by atoms with Gasteiger partial charge in [0.25, 0.3) is 0 Å². The minimum Gasteiger partial charge on any atom is -0.396 e. The normalized spacial score (nSPS) is 27.5. The molecule has 2 aliphatic rings. The van der Waals surface area contributed by atoms with E-state index in [2.05, 4.69) is 16.5 Å². The highest BCUT2D eigenvalue weighted by Gasteiger charge is 2.39. The van der Waals surface area contributed by atoms with E-state index >= 15 is 0 Å². The van der Waals surface area contributed by atoms with Crippen molar-refractivity contribution >= 4 is 0 Å². The molecule has 2 aromatic rings. The maximum atomic E-state index is 14.4. The summed E-state index contributed by atoms with van der Waals surface area (Å²) >= 11 is 0. The van der Waals surface area contributed by atoms with Crippen molar-refractivity contribution in [3.05, 3.63) is 42.1 Å². The maximum absolute atomic E-state index is 14.4. The van der Waals surface area contributed by atoms with Gasteiger partial charge in [-0.05, 0) is 36.3 Å². The van der Waals surface area contributed by atoms with Gasteiger partial charge in [0.05, 0.1) is 24.3 Å². The number of aliphatic hydroxyl groups is 1. The number of rotatable bonds is 3. The fraction of sp³-hybridized carbons (Fsp3) is 0.526. The van der Waals surface area contributed by atoms with Crippen LogP contribution in [-0.4, -0.2) is 21.3 Å². The summed E-state index contributed by atoms with van der Waals surface area (Å²) in [4.78, 5) is 4.22. The molecule has 1 saturated carbocycles. The lowest BCUT2D eigenvalue weighted by Crippen LogP contribution is -2.30. The van der Waals surface area contributed by atoms with E-state index in [-0.39, 0.29) is 24.4 Å². The lowest BCUT2D eigenvalue weighted by Gasteiger charge is -2.36. The zero-order valence-electron chi connectivity index (χ0n) is 13.5. The van der Waals surface area contributed by atoms with Crippen molar-refractivity contribution < 1.29 is 9.50 Å². The molecule has 1 aliphatic heterocycles. The Balaban J connectivity index is 1.75. The molecule has 3 nitrogen and oxygen atoms in total. The first-order chi connectivity index (χ1) is 11.2. The number of aromatic nitrogens is 2. The second-order valence-corrected chi connectivity index (χ2v) is 7.20. The molecule has 1 aromatic carbocycles. The molecule has 0 radical (unpaired) electrons. The molecule has 0 spiro atoms. The van der Waals surface area contributed by atoms with Crippen LogP contribution in [0, 0.1) is 23.6 Å². The topological polar surface area (TPSA) is 38.1 Å². The van der Waals surface area contributed by atoms with Crippen LogP contribution >= 0.6 is 0 Å². The van der Waals surface area contributed by atoms with E-state index in [4.69, 9.17) is 0 Å². The van der Waals surface area contributed by atoms with Gasteiger partial charge in [-0.25, -0.2) is 9.37 Å². The van der Waals surface area contributed by atoms with Crippen LogP contribution in [0.15, 0.2) is 30.7 Å². The Kier molecular flexibility index (Phi) is 3.72. The zero-order valence-corrected chi connectivity index (χ0v) is 13.5. The number of nitrogens with zero attached hydrogens (tertiary/aromatic N) is 2. The Morgan fingerprint density at radius 2 is 2.09 bits per heavy atom. The highest BCUT2D eigenvalue weighted by Crippen LogP contribution is 2.48. The van der Waals surface area contributed by atoms with Crippen molar-refractivity contribution in [2.75, 3.05) is 6.61 Å². The first-order valence-electron chi connectivity index (χ1n) is 8.62. The number of benzene rings is 1. The Hall–Kier alpha value is -1.68. The predicted octanol–water partition coefficient (Wildman–Crippen LogP) is 4.03. The molecule has 4 heteroatoms. The summed E-state index contributed by atoms with van der Waals surface area (Å²) in [5.74, 6) is 1.20. The number of fused-ring (bicyclic) bond motifs is 3. The third kappa shape index (κ3) is 2.31. The van der Waals surface area contributed by atoms with E-state index in [0.29, 0.717) is 11.5 Å². The Morgan fingerprint density at radius 3 is 2.83 bits per heavy atom. The summed E-state index contributed by atoms with van der Waals surface area (Å²) in [6, 6.07) is 5.29. The Bertz CT molecular complexity index is 703. The van der Waals surface area contributed by atoms with E-state index < -0.39 is 0 Å². The smallest absolute Gasteiger partial charge is 0.132 e. The Labute approximate surface area is 136 Å². The molecule has 4 rings (SSSR count). The number of imidazole rings is 1. The molecule has 0 saturated heterocycles. The van der Waals surface area contributed by atoms with Gasteiger partial charge < -0.3 is 9.67 Å². The van der Waals surface area contributed by atoms with E-state index in [1.165, 1.54) is 18.9 Å². The van der Waals surface area contributed by atoms with Gasteiger partial charge in [-0.1, -0.05) is 31.9 Å². The molecular formula is C19H23FN2O. The average Bonchev–Trinajstić information content (AvgIpc) is 3.12. The molecule has 1 aromatic heterocycles. The highest BCUT2D eigenvalue weighted by atomic mass is 19.1. The average molecular weight is 314 g/mol. The van der Waals surface area contributed by atoms with Crippen LogP contribution in [0.1, 0.15) is 44.2 Å². The second kappa shape index (κ2) is 5.75. The van der Waals surface area contributed by atoms with Crippen molar-refractivity contribution in [3.63, 3.8) is 0 Å². The van der Waals surface area contributed by atoms with Crippen LogP contribution in [0.5, 0.6) is 0 Å². The molecule has 122 valence electrons. The zero-order chi connectivity index (χ0) is 16.0. The molecule has 2 atom stereocenters. The van der Waals surface area contributed by atoms with E-state index in [9.17, 15) is 9.50 Å². The number of aliphatic hydroxyl groups excluding tert-OH is 1. The first kappa shape index (κ1) is 14.9. The molecule has 23 heavy (non-hydrogen) atoms. The van der Waals surface area contributed by atoms with Gasteiger partial charge in [0.2, 0.25) is 0 Å². The fourth-order valence-corrected chi connectivity index (χ4v) is 4.58. The molecule has 1 N–H and O–H groups in total. The second-order valence-electron chi connectivity index (χ2n) is 7.20. The van der Waals surface area contributed by atoms with Gasteiger partial charge in [0, 0.05) is 18.1 Å². The fourth-order valence-electron chi connectivity index (χ4n) is 4.58. The Morgan fingerprint density at radius 1 is 1.30 bits per heavy atom. The van der Waals surface area contributed by atoms with Gasteiger partial charge >= 0.3 is 0 Å². The van der Waals surface area contributed by atoms with Crippen LogP contribution in [0.3, 0.4) is 0 Å². The largest absolute Gasteiger partial charge is 0.396 e. The summed E-state index contributed by atoms with van der Waals surface area (Å²) in [6.07, 6.45) is 8.27. The number of hydrogen-bond donors (Lipinski definition) is 1. The van der Waals surface area contributed by atoms with Crippen molar-refractivity contribution in [1.29, 1.82) is 0 Å². The SMILES string of the molecule is CC1CCC(C(CO)C2c3cccc(F)c3-c3cncn32)CC1. The molecule has 2 unspecified atom stereocenters. The third-order valence-electron chi connectivity index (χ3n) is 5.87. The third-order valence-corrected chi connectivity index (χ3v) is 5.87. The van der Waals surface area contributed by atoms with Crippen molar-refractivity contribution in [3.8, 4) is 11.3 Å². The van der Waals surface area contributed by atoms with Gasteiger partial charge in [-0.3, -0.25) is 0 Å². The summed E-state index contributed by atoms with van der Waals surface area (Å²) in [5.41, 5.74) is 2.50. The van der Waals surface area contributed by atoms with Crippen LogP contribution < -0.4 is 0 Å². The van der Waals surface area contributed by atoms with Crippen LogP contribution in [-0.2, 0) is 0 Å². The molecule has 1 aliphatic carbocycles. The van der Waals surface area contributed by atoms with E-state index in [1.807, 2.05) is 6.07 Å². The quantitative estimate of drug-likeness (QED) is 0.929. The van der Waals surface area contributed by atoms with Crippen LogP contribution in [0.4, 0.5) is 4.39 Å².